The van der Waals surface area contributed by atoms with Gasteiger partial charge in [0.2, 0.25) is 0 Å². The lowest BCUT2D eigenvalue weighted by Gasteiger charge is -2.35. The van der Waals surface area contributed by atoms with Gasteiger partial charge < -0.3 is 15.3 Å². The molecule has 2 aliphatic heterocycles. The lowest BCUT2D eigenvalue weighted by atomic mass is 9.96. The van der Waals surface area contributed by atoms with Crippen molar-refractivity contribution in [2.24, 2.45) is 5.92 Å². The molecule has 0 radical (unpaired) electrons. The molecule has 2 rings (SSSR count). The Labute approximate surface area is 86.5 Å². The van der Waals surface area contributed by atoms with E-state index in [1.807, 2.05) is 0 Å². The summed E-state index contributed by atoms with van der Waals surface area (Å²) in [6, 6.07) is 0.706. The first-order chi connectivity index (χ1) is 6.75. The maximum atomic E-state index is 9.61. The van der Waals surface area contributed by atoms with Gasteiger partial charge in [-0.05, 0) is 31.7 Å². The van der Waals surface area contributed by atoms with E-state index >= 15 is 0 Å². The van der Waals surface area contributed by atoms with Crippen molar-refractivity contribution in [3.8, 4) is 0 Å². The number of piperidine rings is 1. The summed E-state index contributed by atoms with van der Waals surface area (Å²) in [5.74, 6) is 0.449. The monoisotopic (exact) mass is 198 g/mol. The zero-order valence-electron chi connectivity index (χ0n) is 9.08. The number of rotatable bonds is 2. The number of hydrogen-bond acceptors (Lipinski definition) is 3. The average Bonchev–Trinajstić information content (AvgIpc) is 2.64. The van der Waals surface area contributed by atoms with Crippen LogP contribution in [0.3, 0.4) is 0 Å². The number of nitrogens with one attached hydrogen (secondary N) is 1. The SMILES string of the molecule is CC1CN(C[C@@H]2CCCN2)CCC1O. The third-order valence-electron chi connectivity index (χ3n) is 3.59. The van der Waals surface area contributed by atoms with Crippen LogP contribution in [0.4, 0.5) is 0 Å². The third-order valence-corrected chi connectivity index (χ3v) is 3.59. The molecule has 0 aromatic rings. The minimum Gasteiger partial charge on any atom is -0.393 e. The Bertz CT molecular complexity index is 180. The highest BCUT2D eigenvalue weighted by Crippen LogP contribution is 2.17. The predicted octanol–water partition coefficient (Wildman–Crippen LogP) is 0.441. The van der Waals surface area contributed by atoms with Gasteiger partial charge in [-0.3, -0.25) is 0 Å². The molecule has 0 aromatic carbocycles. The molecule has 2 unspecified atom stereocenters. The first-order valence-electron chi connectivity index (χ1n) is 5.89. The Kier molecular flexibility index (Phi) is 3.42. The third kappa shape index (κ3) is 2.47. The van der Waals surface area contributed by atoms with Gasteiger partial charge in [-0.1, -0.05) is 6.92 Å². The van der Waals surface area contributed by atoms with Gasteiger partial charge in [0.05, 0.1) is 6.10 Å². The molecular weight excluding hydrogens is 176 g/mol. The van der Waals surface area contributed by atoms with Crippen LogP contribution in [0.5, 0.6) is 0 Å². The summed E-state index contributed by atoms with van der Waals surface area (Å²) in [5.41, 5.74) is 0. The van der Waals surface area contributed by atoms with Crippen molar-refractivity contribution < 1.29 is 5.11 Å². The first-order valence-corrected chi connectivity index (χ1v) is 5.89. The van der Waals surface area contributed by atoms with Crippen molar-refractivity contribution in [1.29, 1.82) is 0 Å². The molecule has 0 spiro atoms. The number of aliphatic hydroxyl groups is 1. The average molecular weight is 198 g/mol. The van der Waals surface area contributed by atoms with Crippen molar-refractivity contribution in [2.45, 2.75) is 38.3 Å². The molecule has 0 aromatic heterocycles. The van der Waals surface area contributed by atoms with Gasteiger partial charge in [0.25, 0.3) is 0 Å². The van der Waals surface area contributed by atoms with E-state index in [1.165, 1.54) is 25.9 Å². The summed E-state index contributed by atoms with van der Waals surface area (Å²) in [4.78, 5) is 2.50. The molecule has 2 N–H and O–H groups in total. The number of likely N-dealkylation sites (tertiary alicyclic amines) is 1. The highest BCUT2D eigenvalue weighted by Gasteiger charge is 2.26. The van der Waals surface area contributed by atoms with Crippen LogP contribution in [0.2, 0.25) is 0 Å². The molecule has 3 nitrogen and oxygen atoms in total. The minimum atomic E-state index is -0.0669. The second-order valence-electron chi connectivity index (χ2n) is 4.89. The molecule has 2 heterocycles. The molecule has 3 atom stereocenters. The van der Waals surface area contributed by atoms with Gasteiger partial charge in [-0.25, -0.2) is 0 Å². The van der Waals surface area contributed by atoms with E-state index in [1.54, 1.807) is 0 Å². The predicted molar refractivity (Wildman–Crippen MR) is 57.3 cm³/mol. The Morgan fingerprint density at radius 2 is 2.29 bits per heavy atom. The van der Waals surface area contributed by atoms with Crippen LogP contribution in [0.1, 0.15) is 26.2 Å². The van der Waals surface area contributed by atoms with Crippen LogP contribution in [0.25, 0.3) is 0 Å². The van der Waals surface area contributed by atoms with Crippen molar-refractivity contribution in [2.75, 3.05) is 26.2 Å². The second-order valence-corrected chi connectivity index (χ2v) is 4.89. The Morgan fingerprint density at radius 3 is 2.93 bits per heavy atom. The highest BCUT2D eigenvalue weighted by molar-refractivity contribution is 4.82. The molecule has 3 heteroatoms. The van der Waals surface area contributed by atoms with Gasteiger partial charge in [0.15, 0.2) is 0 Å². The van der Waals surface area contributed by atoms with Crippen molar-refractivity contribution in [1.82, 2.24) is 10.2 Å². The quantitative estimate of drug-likeness (QED) is 0.676. The summed E-state index contributed by atoms with van der Waals surface area (Å²) in [7, 11) is 0. The maximum Gasteiger partial charge on any atom is 0.0590 e. The van der Waals surface area contributed by atoms with Crippen LogP contribution in [0.15, 0.2) is 0 Å². The van der Waals surface area contributed by atoms with E-state index in [0.717, 1.165) is 19.5 Å². The Morgan fingerprint density at radius 1 is 1.43 bits per heavy atom. The zero-order valence-corrected chi connectivity index (χ0v) is 9.08. The van der Waals surface area contributed by atoms with Crippen LogP contribution in [-0.2, 0) is 0 Å². The molecule has 2 saturated heterocycles. The standard InChI is InChI=1S/C11H22N2O/c1-9-7-13(6-4-11(9)14)8-10-3-2-5-12-10/h9-12,14H,2-8H2,1H3/t9?,10-,11?/m0/s1. The van der Waals surface area contributed by atoms with E-state index < -0.39 is 0 Å². The van der Waals surface area contributed by atoms with Crippen molar-refractivity contribution in [3.63, 3.8) is 0 Å². The lowest BCUT2D eigenvalue weighted by Crippen LogP contribution is -2.46. The minimum absolute atomic E-state index is 0.0669. The first kappa shape index (κ1) is 10.4. The summed E-state index contributed by atoms with van der Waals surface area (Å²) < 4.78 is 0. The topological polar surface area (TPSA) is 35.5 Å². The molecule has 0 bridgehead atoms. The van der Waals surface area contributed by atoms with E-state index in [-0.39, 0.29) is 6.10 Å². The normalized spacial score (nSPS) is 40.3. The molecule has 0 saturated carbocycles. The second kappa shape index (κ2) is 4.60. The summed E-state index contributed by atoms with van der Waals surface area (Å²) in [6.45, 7) is 6.66. The maximum absolute atomic E-state index is 9.61. The molecule has 0 amide bonds. The van der Waals surface area contributed by atoms with Crippen LogP contribution >= 0.6 is 0 Å². The van der Waals surface area contributed by atoms with E-state index in [4.69, 9.17) is 0 Å². The lowest BCUT2D eigenvalue weighted by molar-refractivity contribution is 0.0322. The number of aliphatic hydroxyl groups excluding tert-OH is 1. The Hall–Kier alpha value is -0.120. The van der Waals surface area contributed by atoms with Crippen molar-refractivity contribution in [3.05, 3.63) is 0 Å². The summed E-state index contributed by atoms with van der Waals surface area (Å²) in [6.07, 6.45) is 3.54. The van der Waals surface area contributed by atoms with E-state index in [2.05, 4.69) is 17.1 Å². The highest BCUT2D eigenvalue weighted by atomic mass is 16.3. The fourth-order valence-corrected chi connectivity index (χ4v) is 2.61. The Balaban J connectivity index is 1.75. The summed E-state index contributed by atoms with van der Waals surface area (Å²) >= 11 is 0. The number of hydrogen-bond donors (Lipinski definition) is 2. The largest absolute Gasteiger partial charge is 0.393 e. The van der Waals surface area contributed by atoms with Gasteiger partial charge in [-0.2, -0.15) is 0 Å². The fourth-order valence-electron chi connectivity index (χ4n) is 2.61. The zero-order chi connectivity index (χ0) is 9.97. The van der Waals surface area contributed by atoms with Crippen LogP contribution in [0, 0.1) is 5.92 Å². The van der Waals surface area contributed by atoms with Gasteiger partial charge in [-0.15, -0.1) is 0 Å². The summed E-state index contributed by atoms with van der Waals surface area (Å²) in [5, 5.41) is 13.1. The molecular formula is C11H22N2O. The van der Waals surface area contributed by atoms with Crippen LogP contribution < -0.4 is 5.32 Å². The van der Waals surface area contributed by atoms with Gasteiger partial charge in [0, 0.05) is 25.7 Å². The molecule has 82 valence electrons. The smallest absolute Gasteiger partial charge is 0.0590 e. The van der Waals surface area contributed by atoms with E-state index in [0.29, 0.717) is 12.0 Å². The molecule has 14 heavy (non-hydrogen) atoms. The van der Waals surface area contributed by atoms with Gasteiger partial charge in [0.1, 0.15) is 0 Å². The van der Waals surface area contributed by atoms with Gasteiger partial charge >= 0.3 is 0 Å². The van der Waals surface area contributed by atoms with Crippen molar-refractivity contribution >= 4 is 0 Å². The molecule has 0 aliphatic carbocycles. The van der Waals surface area contributed by atoms with Crippen LogP contribution in [-0.4, -0.2) is 48.3 Å². The fraction of sp³-hybridized carbons (Fsp3) is 1.00. The molecule has 2 fully saturated rings. The number of nitrogens with zero attached hydrogens (tertiary/aromatic N) is 1. The van der Waals surface area contributed by atoms with E-state index in [9.17, 15) is 5.11 Å². The molecule has 2 aliphatic rings.